The highest BCUT2D eigenvalue weighted by atomic mass is 79.9. The van der Waals surface area contributed by atoms with E-state index < -0.39 is 0 Å². The molecule has 1 aromatic heterocycles. The second-order valence-corrected chi connectivity index (χ2v) is 5.87. The molecule has 5 heteroatoms. The van der Waals surface area contributed by atoms with E-state index in [-0.39, 0.29) is 0 Å². The molecule has 3 aromatic rings. The Balaban J connectivity index is 1.87. The molecule has 0 aliphatic rings. The number of fused-ring (bicyclic) bond motifs is 1. The van der Waals surface area contributed by atoms with Crippen molar-refractivity contribution in [1.82, 2.24) is 4.98 Å². The van der Waals surface area contributed by atoms with E-state index in [1.165, 1.54) is 0 Å². The van der Waals surface area contributed by atoms with Crippen molar-refractivity contribution in [3.8, 4) is 5.75 Å². The molecule has 22 heavy (non-hydrogen) atoms. The summed E-state index contributed by atoms with van der Waals surface area (Å²) in [5.41, 5.74) is 9.69. The quantitative estimate of drug-likeness (QED) is 0.734. The highest BCUT2D eigenvalue weighted by molar-refractivity contribution is 9.10. The molecule has 4 nitrogen and oxygen atoms in total. The summed E-state index contributed by atoms with van der Waals surface area (Å²) < 4.78 is 6.17. The minimum atomic E-state index is 0.642. The summed E-state index contributed by atoms with van der Waals surface area (Å²) in [6.07, 6.45) is 1.69. The Hall–Kier alpha value is -2.27. The van der Waals surface area contributed by atoms with E-state index in [1.807, 2.05) is 42.5 Å². The second kappa shape index (κ2) is 6.23. The van der Waals surface area contributed by atoms with Gasteiger partial charge < -0.3 is 15.8 Å². The monoisotopic (exact) mass is 357 g/mol. The van der Waals surface area contributed by atoms with Gasteiger partial charge in [-0.25, -0.2) is 0 Å². The minimum absolute atomic E-state index is 0.642. The van der Waals surface area contributed by atoms with Crippen molar-refractivity contribution in [2.75, 3.05) is 18.2 Å². The van der Waals surface area contributed by atoms with Gasteiger partial charge in [0.15, 0.2) is 0 Å². The Morgan fingerprint density at radius 3 is 2.68 bits per heavy atom. The molecule has 0 atom stereocenters. The molecule has 0 saturated carbocycles. The number of nitrogens with one attached hydrogen (secondary N) is 1. The fourth-order valence-electron chi connectivity index (χ4n) is 2.31. The van der Waals surface area contributed by atoms with Crippen LogP contribution in [0.5, 0.6) is 5.75 Å². The standard InChI is InChI=1S/C17H16BrN3O/c1-22-13-5-2-11(3-6-13)9-21-17-14-7-4-12(18)8-16(14)20-10-15(17)19/h2-8,10H,9,19H2,1H3,(H,20,21). The molecule has 0 amide bonds. The third-order valence-electron chi connectivity index (χ3n) is 3.49. The first-order valence-electron chi connectivity index (χ1n) is 6.88. The lowest BCUT2D eigenvalue weighted by molar-refractivity contribution is 0.414. The number of nitrogens with two attached hydrogens (primary N) is 1. The van der Waals surface area contributed by atoms with Crippen molar-refractivity contribution in [1.29, 1.82) is 0 Å². The third-order valence-corrected chi connectivity index (χ3v) is 3.98. The van der Waals surface area contributed by atoms with Crippen LogP contribution in [0.25, 0.3) is 10.9 Å². The number of pyridine rings is 1. The van der Waals surface area contributed by atoms with Crippen LogP contribution in [0.3, 0.4) is 0 Å². The maximum atomic E-state index is 6.08. The lowest BCUT2D eigenvalue weighted by atomic mass is 10.1. The zero-order valence-corrected chi connectivity index (χ0v) is 13.7. The smallest absolute Gasteiger partial charge is 0.118 e. The number of rotatable bonds is 4. The van der Waals surface area contributed by atoms with Crippen molar-refractivity contribution in [3.63, 3.8) is 0 Å². The Morgan fingerprint density at radius 2 is 1.95 bits per heavy atom. The predicted octanol–water partition coefficient (Wildman–Crippen LogP) is 4.20. The molecule has 0 unspecified atom stereocenters. The van der Waals surface area contributed by atoms with Crippen LogP contribution in [-0.2, 0) is 6.54 Å². The Bertz CT molecular complexity index is 803. The molecule has 0 radical (unpaired) electrons. The Morgan fingerprint density at radius 1 is 1.18 bits per heavy atom. The number of nitrogen functional groups attached to an aromatic ring is 1. The normalized spacial score (nSPS) is 10.6. The van der Waals surface area contributed by atoms with Gasteiger partial charge in [-0.2, -0.15) is 0 Å². The molecule has 3 rings (SSSR count). The van der Waals surface area contributed by atoms with Gasteiger partial charge in [0.1, 0.15) is 5.75 Å². The van der Waals surface area contributed by atoms with E-state index in [0.29, 0.717) is 12.2 Å². The predicted molar refractivity (Wildman–Crippen MR) is 94.2 cm³/mol. The van der Waals surface area contributed by atoms with Crippen LogP contribution in [0.2, 0.25) is 0 Å². The second-order valence-electron chi connectivity index (χ2n) is 4.95. The summed E-state index contributed by atoms with van der Waals surface area (Å²) >= 11 is 3.46. The van der Waals surface area contributed by atoms with E-state index >= 15 is 0 Å². The molecule has 2 aromatic carbocycles. The van der Waals surface area contributed by atoms with Crippen LogP contribution in [0.15, 0.2) is 53.1 Å². The number of hydrogen-bond acceptors (Lipinski definition) is 4. The van der Waals surface area contributed by atoms with Gasteiger partial charge in [0.2, 0.25) is 0 Å². The van der Waals surface area contributed by atoms with E-state index in [1.54, 1.807) is 13.3 Å². The number of nitrogens with zero attached hydrogens (tertiary/aromatic N) is 1. The van der Waals surface area contributed by atoms with Gasteiger partial charge in [0, 0.05) is 16.4 Å². The van der Waals surface area contributed by atoms with Crippen LogP contribution in [0.4, 0.5) is 11.4 Å². The number of ether oxygens (including phenoxy) is 1. The van der Waals surface area contributed by atoms with Crippen LogP contribution in [0, 0.1) is 0 Å². The van der Waals surface area contributed by atoms with Crippen molar-refractivity contribution in [2.45, 2.75) is 6.54 Å². The first kappa shape index (κ1) is 14.7. The van der Waals surface area contributed by atoms with Crippen LogP contribution >= 0.6 is 15.9 Å². The van der Waals surface area contributed by atoms with Crippen molar-refractivity contribution < 1.29 is 4.74 Å². The van der Waals surface area contributed by atoms with Gasteiger partial charge in [-0.3, -0.25) is 4.98 Å². The fourth-order valence-corrected chi connectivity index (χ4v) is 2.66. The third kappa shape index (κ3) is 2.99. The number of methoxy groups -OCH3 is 1. The van der Waals surface area contributed by atoms with Gasteiger partial charge in [0.25, 0.3) is 0 Å². The summed E-state index contributed by atoms with van der Waals surface area (Å²) in [5.74, 6) is 0.850. The number of hydrogen-bond donors (Lipinski definition) is 2. The number of halogens is 1. The maximum absolute atomic E-state index is 6.08. The molecule has 0 fully saturated rings. The zero-order chi connectivity index (χ0) is 15.5. The molecule has 0 bridgehead atoms. The molecule has 0 aliphatic heterocycles. The molecular weight excluding hydrogens is 342 g/mol. The van der Waals surface area contributed by atoms with Crippen molar-refractivity contribution in [2.24, 2.45) is 0 Å². The van der Waals surface area contributed by atoms with Crippen molar-refractivity contribution in [3.05, 3.63) is 58.7 Å². The topological polar surface area (TPSA) is 60.2 Å². The molecule has 1 heterocycles. The highest BCUT2D eigenvalue weighted by Gasteiger charge is 2.07. The Labute approximate surface area is 137 Å². The number of aromatic nitrogens is 1. The first-order valence-corrected chi connectivity index (χ1v) is 7.67. The first-order chi connectivity index (χ1) is 10.7. The summed E-state index contributed by atoms with van der Waals surface area (Å²) in [7, 11) is 1.66. The molecule has 0 aliphatic carbocycles. The van der Waals surface area contributed by atoms with Gasteiger partial charge >= 0.3 is 0 Å². The molecular formula is C17H16BrN3O. The Kier molecular flexibility index (Phi) is 4.15. The van der Waals surface area contributed by atoms with E-state index in [9.17, 15) is 0 Å². The summed E-state index contributed by atoms with van der Waals surface area (Å²) in [6, 6.07) is 13.9. The van der Waals surface area contributed by atoms with Crippen LogP contribution in [-0.4, -0.2) is 12.1 Å². The lowest BCUT2D eigenvalue weighted by Crippen LogP contribution is -2.04. The van der Waals surface area contributed by atoms with E-state index in [2.05, 4.69) is 26.2 Å². The summed E-state index contributed by atoms with van der Waals surface area (Å²) in [5, 5.41) is 4.42. The van der Waals surface area contributed by atoms with Crippen LogP contribution in [0.1, 0.15) is 5.56 Å². The molecule has 3 N–H and O–H groups in total. The number of benzene rings is 2. The van der Waals surface area contributed by atoms with Crippen LogP contribution < -0.4 is 15.8 Å². The molecule has 0 saturated heterocycles. The fraction of sp³-hybridized carbons (Fsp3) is 0.118. The molecule has 112 valence electrons. The minimum Gasteiger partial charge on any atom is -0.497 e. The highest BCUT2D eigenvalue weighted by Crippen LogP contribution is 2.30. The van der Waals surface area contributed by atoms with E-state index in [4.69, 9.17) is 10.5 Å². The summed E-state index contributed by atoms with van der Waals surface area (Å²) in [4.78, 5) is 4.37. The largest absolute Gasteiger partial charge is 0.497 e. The van der Waals surface area contributed by atoms with Gasteiger partial charge in [-0.15, -0.1) is 0 Å². The average molecular weight is 358 g/mol. The average Bonchev–Trinajstić information content (AvgIpc) is 2.54. The lowest BCUT2D eigenvalue weighted by Gasteiger charge is -2.13. The summed E-state index contributed by atoms with van der Waals surface area (Å²) in [6.45, 7) is 0.684. The van der Waals surface area contributed by atoms with Gasteiger partial charge in [0.05, 0.1) is 30.2 Å². The SMILES string of the molecule is COc1ccc(CNc2c(N)cnc3cc(Br)ccc23)cc1. The number of anilines is 2. The maximum Gasteiger partial charge on any atom is 0.118 e. The van der Waals surface area contributed by atoms with Gasteiger partial charge in [-0.1, -0.05) is 28.1 Å². The zero-order valence-electron chi connectivity index (χ0n) is 12.1. The molecule has 0 spiro atoms. The van der Waals surface area contributed by atoms with Crippen molar-refractivity contribution >= 4 is 38.2 Å². The van der Waals surface area contributed by atoms with E-state index in [0.717, 1.165) is 32.4 Å². The van der Waals surface area contributed by atoms with Gasteiger partial charge in [-0.05, 0) is 35.9 Å².